The Morgan fingerprint density at radius 2 is 2.36 bits per heavy atom. The quantitative estimate of drug-likeness (QED) is 0.599. The maximum atomic E-state index is 5.76. The third kappa shape index (κ3) is 1.01. The average molecular weight is 188 g/mol. The van der Waals surface area contributed by atoms with Crippen molar-refractivity contribution < 1.29 is 0 Å². The molecule has 14 heavy (non-hydrogen) atoms. The summed E-state index contributed by atoms with van der Waals surface area (Å²) in [6.45, 7) is 2.84. The molecule has 4 nitrogen and oxygen atoms in total. The van der Waals surface area contributed by atoms with Crippen LogP contribution in [0.4, 0.5) is 5.69 Å². The van der Waals surface area contributed by atoms with Crippen LogP contribution in [0.25, 0.3) is 11.0 Å². The Kier molecular flexibility index (Phi) is 1.52. The van der Waals surface area contributed by atoms with E-state index in [0.29, 0.717) is 0 Å². The van der Waals surface area contributed by atoms with Gasteiger partial charge in [0.2, 0.25) is 0 Å². The molecule has 0 fully saturated rings. The van der Waals surface area contributed by atoms with Crippen LogP contribution in [-0.4, -0.2) is 16.1 Å². The van der Waals surface area contributed by atoms with Gasteiger partial charge >= 0.3 is 0 Å². The van der Waals surface area contributed by atoms with Crippen molar-refractivity contribution in [3.8, 4) is 0 Å². The molecule has 0 spiro atoms. The molecule has 0 radical (unpaired) electrons. The molecule has 0 saturated heterocycles. The molecule has 2 heterocycles. The molecule has 0 amide bonds. The highest BCUT2D eigenvalue weighted by molar-refractivity contribution is 5.79. The number of rotatable bonds is 0. The van der Waals surface area contributed by atoms with E-state index >= 15 is 0 Å². The lowest BCUT2D eigenvalue weighted by Crippen LogP contribution is -2.28. The van der Waals surface area contributed by atoms with Crippen molar-refractivity contribution in [2.45, 2.75) is 13.1 Å². The smallest absolute Gasteiger partial charge is 0.123 e. The second kappa shape index (κ2) is 2.72. The zero-order valence-electron chi connectivity index (χ0n) is 7.83. The van der Waals surface area contributed by atoms with E-state index in [2.05, 4.69) is 14.9 Å². The van der Waals surface area contributed by atoms with Crippen molar-refractivity contribution in [3.63, 3.8) is 0 Å². The summed E-state index contributed by atoms with van der Waals surface area (Å²) in [5.74, 6) is 1.11. The van der Waals surface area contributed by atoms with Crippen molar-refractivity contribution in [3.05, 3.63) is 24.0 Å². The number of aromatic nitrogens is 2. The van der Waals surface area contributed by atoms with E-state index in [0.717, 1.165) is 42.2 Å². The van der Waals surface area contributed by atoms with E-state index in [1.165, 1.54) is 0 Å². The van der Waals surface area contributed by atoms with Gasteiger partial charge in [-0.15, -0.1) is 0 Å². The van der Waals surface area contributed by atoms with Crippen molar-refractivity contribution in [2.75, 3.05) is 12.3 Å². The molecule has 4 heteroatoms. The van der Waals surface area contributed by atoms with Crippen LogP contribution in [0, 0.1) is 0 Å². The van der Waals surface area contributed by atoms with E-state index in [1.54, 1.807) is 0 Å². The lowest BCUT2D eigenvalue weighted by atomic mass is 10.3. The number of nitrogen functional groups attached to an aromatic ring is 1. The van der Waals surface area contributed by atoms with Gasteiger partial charge in [0.15, 0.2) is 0 Å². The molecule has 1 aliphatic rings. The van der Waals surface area contributed by atoms with E-state index in [-0.39, 0.29) is 0 Å². The lowest BCUT2D eigenvalue weighted by molar-refractivity contribution is 0.514. The Morgan fingerprint density at radius 1 is 1.43 bits per heavy atom. The Balaban J connectivity index is 2.32. The number of nitrogens with two attached hydrogens (primary N) is 1. The van der Waals surface area contributed by atoms with Gasteiger partial charge in [-0.1, -0.05) is 0 Å². The van der Waals surface area contributed by atoms with E-state index in [1.807, 2.05) is 18.2 Å². The summed E-state index contributed by atoms with van der Waals surface area (Å²) in [5, 5.41) is 3.30. The van der Waals surface area contributed by atoms with Crippen LogP contribution in [0.5, 0.6) is 0 Å². The number of hydrogen-bond donors (Lipinski definition) is 2. The van der Waals surface area contributed by atoms with Crippen LogP contribution in [0.3, 0.4) is 0 Å². The molecule has 72 valence electrons. The highest BCUT2D eigenvalue weighted by Crippen LogP contribution is 2.20. The van der Waals surface area contributed by atoms with Crippen LogP contribution < -0.4 is 11.1 Å². The second-order valence-corrected chi connectivity index (χ2v) is 3.60. The molecule has 0 saturated carbocycles. The van der Waals surface area contributed by atoms with Crippen LogP contribution in [0.2, 0.25) is 0 Å². The fraction of sp³-hybridized carbons (Fsp3) is 0.300. The molecule has 0 atom stereocenters. The Labute approximate surface area is 81.7 Å². The SMILES string of the molecule is Nc1ccc2nc3n(c2c1)CCNC3. The number of nitrogens with zero attached hydrogens (tertiary/aromatic N) is 2. The summed E-state index contributed by atoms with van der Waals surface area (Å²) in [6.07, 6.45) is 0. The first-order valence-corrected chi connectivity index (χ1v) is 4.80. The molecule has 1 aliphatic heterocycles. The monoisotopic (exact) mass is 188 g/mol. The minimum absolute atomic E-state index is 0.804. The van der Waals surface area contributed by atoms with Gasteiger partial charge in [0.25, 0.3) is 0 Å². The minimum atomic E-state index is 0.804. The summed E-state index contributed by atoms with van der Waals surface area (Å²) in [4.78, 5) is 4.54. The normalized spacial score (nSPS) is 15.7. The van der Waals surface area contributed by atoms with Gasteiger partial charge in [-0.25, -0.2) is 4.98 Å². The van der Waals surface area contributed by atoms with E-state index in [9.17, 15) is 0 Å². The zero-order chi connectivity index (χ0) is 9.54. The second-order valence-electron chi connectivity index (χ2n) is 3.60. The van der Waals surface area contributed by atoms with Crippen LogP contribution in [0.15, 0.2) is 18.2 Å². The molecule has 3 rings (SSSR count). The fourth-order valence-corrected chi connectivity index (χ4v) is 1.97. The number of fused-ring (bicyclic) bond motifs is 3. The predicted octanol–water partition coefficient (Wildman–Crippen LogP) is 0.722. The maximum Gasteiger partial charge on any atom is 0.123 e. The number of nitrogens with one attached hydrogen (secondary N) is 1. The molecular formula is C10H12N4. The van der Waals surface area contributed by atoms with E-state index in [4.69, 9.17) is 5.73 Å². The molecule has 1 aromatic heterocycles. The number of benzene rings is 1. The number of imidazole rings is 1. The molecule has 3 N–H and O–H groups in total. The summed E-state index contributed by atoms with van der Waals surface area (Å²) in [6, 6.07) is 5.88. The van der Waals surface area contributed by atoms with Crippen molar-refractivity contribution in [1.82, 2.24) is 14.9 Å². The van der Waals surface area contributed by atoms with Gasteiger partial charge in [-0.05, 0) is 18.2 Å². The van der Waals surface area contributed by atoms with E-state index < -0.39 is 0 Å². The first kappa shape index (κ1) is 7.82. The lowest BCUT2D eigenvalue weighted by Gasteiger charge is -2.15. The Bertz CT molecular complexity index is 486. The molecule has 0 bridgehead atoms. The Morgan fingerprint density at radius 3 is 3.29 bits per heavy atom. The Hall–Kier alpha value is -1.55. The third-order valence-electron chi connectivity index (χ3n) is 2.65. The highest BCUT2D eigenvalue weighted by atomic mass is 15.2. The maximum absolute atomic E-state index is 5.76. The third-order valence-corrected chi connectivity index (χ3v) is 2.65. The van der Waals surface area contributed by atoms with Crippen LogP contribution >= 0.6 is 0 Å². The average Bonchev–Trinajstić information content (AvgIpc) is 2.56. The highest BCUT2D eigenvalue weighted by Gasteiger charge is 2.13. The van der Waals surface area contributed by atoms with Gasteiger partial charge in [0.1, 0.15) is 5.82 Å². The summed E-state index contributed by atoms with van der Waals surface area (Å²) < 4.78 is 2.24. The molecule has 1 aromatic carbocycles. The topological polar surface area (TPSA) is 55.9 Å². The largest absolute Gasteiger partial charge is 0.399 e. The summed E-state index contributed by atoms with van der Waals surface area (Å²) >= 11 is 0. The zero-order valence-corrected chi connectivity index (χ0v) is 7.83. The van der Waals surface area contributed by atoms with Gasteiger partial charge in [-0.2, -0.15) is 0 Å². The van der Waals surface area contributed by atoms with Gasteiger partial charge < -0.3 is 15.6 Å². The minimum Gasteiger partial charge on any atom is -0.399 e. The van der Waals surface area contributed by atoms with Gasteiger partial charge in [-0.3, -0.25) is 0 Å². The number of hydrogen-bond acceptors (Lipinski definition) is 3. The van der Waals surface area contributed by atoms with Gasteiger partial charge in [0.05, 0.1) is 17.6 Å². The molecule has 0 unspecified atom stereocenters. The molecular weight excluding hydrogens is 176 g/mol. The fourth-order valence-electron chi connectivity index (χ4n) is 1.97. The van der Waals surface area contributed by atoms with Gasteiger partial charge in [0, 0.05) is 18.8 Å². The van der Waals surface area contributed by atoms with Crippen LogP contribution in [0.1, 0.15) is 5.82 Å². The standard InChI is InChI=1S/C10H12N4/c11-7-1-2-8-9(5-7)14-4-3-12-6-10(14)13-8/h1-2,5,12H,3-4,6,11H2. The van der Waals surface area contributed by atoms with Crippen molar-refractivity contribution in [2.24, 2.45) is 0 Å². The number of anilines is 1. The van der Waals surface area contributed by atoms with Crippen molar-refractivity contribution in [1.29, 1.82) is 0 Å². The summed E-state index contributed by atoms with van der Waals surface area (Å²) in [5.41, 5.74) is 8.76. The first-order chi connectivity index (χ1) is 6.84. The summed E-state index contributed by atoms with van der Waals surface area (Å²) in [7, 11) is 0. The first-order valence-electron chi connectivity index (χ1n) is 4.80. The predicted molar refractivity (Wildman–Crippen MR) is 55.9 cm³/mol. The van der Waals surface area contributed by atoms with Crippen molar-refractivity contribution >= 4 is 16.7 Å². The van der Waals surface area contributed by atoms with Crippen LogP contribution in [-0.2, 0) is 13.1 Å². The molecule has 2 aromatic rings. The molecule has 0 aliphatic carbocycles.